The summed E-state index contributed by atoms with van der Waals surface area (Å²) in [5.41, 5.74) is 2.79. The Morgan fingerprint density at radius 2 is 1.84 bits per heavy atom. The van der Waals surface area contributed by atoms with Crippen LogP contribution in [0.1, 0.15) is 29.7 Å². The van der Waals surface area contributed by atoms with Gasteiger partial charge in [-0.1, -0.05) is 35.9 Å². The van der Waals surface area contributed by atoms with Crippen LogP contribution < -0.4 is 5.32 Å². The van der Waals surface area contributed by atoms with E-state index in [0.29, 0.717) is 12.1 Å². The Kier molecular flexibility index (Phi) is 4.56. The molecular formula is C16H17ClFN. The fraction of sp³-hybridized carbons (Fsp3) is 0.250. The molecule has 3 heteroatoms. The summed E-state index contributed by atoms with van der Waals surface area (Å²) < 4.78 is 13.4. The highest BCUT2D eigenvalue weighted by Gasteiger charge is 2.05. The summed E-state index contributed by atoms with van der Waals surface area (Å²) in [6, 6.07) is 13.3. The summed E-state index contributed by atoms with van der Waals surface area (Å²) in [7, 11) is 0. The topological polar surface area (TPSA) is 12.0 Å². The maximum Gasteiger partial charge on any atom is 0.126 e. The largest absolute Gasteiger partial charge is 0.306 e. The van der Waals surface area contributed by atoms with Crippen LogP contribution in [0.5, 0.6) is 0 Å². The molecule has 100 valence electrons. The number of rotatable bonds is 4. The van der Waals surface area contributed by atoms with E-state index >= 15 is 0 Å². The van der Waals surface area contributed by atoms with E-state index in [0.717, 1.165) is 16.1 Å². The van der Waals surface area contributed by atoms with Gasteiger partial charge in [0, 0.05) is 17.6 Å². The fourth-order valence-corrected chi connectivity index (χ4v) is 2.01. The van der Waals surface area contributed by atoms with Gasteiger partial charge in [0.25, 0.3) is 0 Å². The maximum absolute atomic E-state index is 13.4. The molecule has 19 heavy (non-hydrogen) atoms. The van der Waals surface area contributed by atoms with Crippen molar-refractivity contribution in [3.05, 3.63) is 70.0 Å². The molecule has 2 rings (SSSR count). The van der Waals surface area contributed by atoms with Crippen molar-refractivity contribution < 1.29 is 4.39 Å². The Bertz CT molecular complexity index is 551. The van der Waals surface area contributed by atoms with Crippen LogP contribution >= 0.6 is 11.6 Å². The third-order valence-electron chi connectivity index (χ3n) is 3.22. The Balaban J connectivity index is 1.98. The second-order valence-electron chi connectivity index (χ2n) is 4.74. The average Bonchev–Trinajstić information content (AvgIpc) is 2.40. The zero-order valence-corrected chi connectivity index (χ0v) is 11.8. The van der Waals surface area contributed by atoms with E-state index in [2.05, 4.69) is 12.2 Å². The molecule has 1 atom stereocenters. The normalized spacial score (nSPS) is 12.4. The minimum Gasteiger partial charge on any atom is -0.306 e. The summed E-state index contributed by atoms with van der Waals surface area (Å²) in [4.78, 5) is 0. The monoisotopic (exact) mass is 277 g/mol. The lowest BCUT2D eigenvalue weighted by molar-refractivity contribution is 0.568. The summed E-state index contributed by atoms with van der Waals surface area (Å²) in [6.07, 6.45) is 0. The van der Waals surface area contributed by atoms with Crippen molar-refractivity contribution in [3.63, 3.8) is 0 Å². The van der Waals surface area contributed by atoms with Crippen LogP contribution in [-0.2, 0) is 6.54 Å². The molecule has 0 aliphatic carbocycles. The van der Waals surface area contributed by atoms with Crippen LogP contribution in [-0.4, -0.2) is 0 Å². The van der Waals surface area contributed by atoms with Gasteiger partial charge in [-0.05, 0) is 48.7 Å². The van der Waals surface area contributed by atoms with Gasteiger partial charge >= 0.3 is 0 Å². The molecule has 0 fully saturated rings. The van der Waals surface area contributed by atoms with E-state index in [1.165, 1.54) is 0 Å². The molecule has 2 aromatic rings. The molecule has 0 heterocycles. The molecule has 0 radical (unpaired) electrons. The fourth-order valence-electron chi connectivity index (χ4n) is 1.89. The first-order valence-electron chi connectivity index (χ1n) is 6.30. The van der Waals surface area contributed by atoms with Gasteiger partial charge in [0.05, 0.1) is 0 Å². The Morgan fingerprint density at radius 3 is 2.47 bits per heavy atom. The van der Waals surface area contributed by atoms with Crippen LogP contribution in [0, 0.1) is 12.7 Å². The van der Waals surface area contributed by atoms with E-state index in [1.54, 1.807) is 19.1 Å². The van der Waals surface area contributed by atoms with Crippen LogP contribution in [0.15, 0.2) is 42.5 Å². The van der Waals surface area contributed by atoms with Crippen molar-refractivity contribution in [2.75, 3.05) is 0 Å². The van der Waals surface area contributed by atoms with Gasteiger partial charge in [-0.2, -0.15) is 0 Å². The molecule has 1 nitrogen and oxygen atoms in total. The van der Waals surface area contributed by atoms with Gasteiger partial charge in [0.2, 0.25) is 0 Å². The first-order chi connectivity index (χ1) is 9.06. The molecule has 0 amide bonds. The van der Waals surface area contributed by atoms with Crippen molar-refractivity contribution in [2.45, 2.75) is 26.4 Å². The van der Waals surface area contributed by atoms with Gasteiger partial charge in [-0.3, -0.25) is 0 Å². The van der Waals surface area contributed by atoms with Crippen molar-refractivity contribution in [3.8, 4) is 0 Å². The molecule has 0 aromatic heterocycles. The number of hydrogen-bond donors (Lipinski definition) is 1. The number of nitrogens with one attached hydrogen (secondary N) is 1. The zero-order chi connectivity index (χ0) is 13.8. The van der Waals surface area contributed by atoms with E-state index in [9.17, 15) is 4.39 Å². The molecule has 0 aliphatic rings. The second kappa shape index (κ2) is 6.18. The smallest absolute Gasteiger partial charge is 0.126 e. The summed E-state index contributed by atoms with van der Waals surface area (Å²) in [5, 5.41) is 4.10. The minimum atomic E-state index is -0.154. The highest BCUT2D eigenvalue weighted by molar-refractivity contribution is 6.30. The van der Waals surface area contributed by atoms with Crippen molar-refractivity contribution in [1.82, 2.24) is 5.32 Å². The Hall–Kier alpha value is -1.38. The molecule has 2 aromatic carbocycles. The standard InChI is InChI=1S/C16H17ClFN/c1-11-3-4-13(9-16(11)18)10-19-12(2)14-5-7-15(17)8-6-14/h3-9,12,19H,10H2,1-2H3. The van der Waals surface area contributed by atoms with Crippen molar-refractivity contribution in [1.29, 1.82) is 0 Å². The molecule has 0 saturated heterocycles. The predicted octanol–water partition coefficient (Wildman–Crippen LogP) is 4.64. The van der Waals surface area contributed by atoms with Crippen LogP contribution in [0.2, 0.25) is 5.02 Å². The van der Waals surface area contributed by atoms with Gasteiger partial charge < -0.3 is 5.32 Å². The quantitative estimate of drug-likeness (QED) is 0.858. The summed E-state index contributed by atoms with van der Waals surface area (Å²) in [5.74, 6) is -0.154. The summed E-state index contributed by atoms with van der Waals surface area (Å²) >= 11 is 5.86. The van der Waals surface area contributed by atoms with Crippen LogP contribution in [0.25, 0.3) is 0 Å². The van der Waals surface area contributed by atoms with Crippen LogP contribution in [0.4, 0.5) is 4.39 Å². The van der Waals surface area contributed by atoms with Crippen molar-refractivity contribution in [2.24, 2.45) is 0 Å². The number of benzene rings is 2. The lowest BCUT2D eigenvalue weighted by atomic mass is 10.1. The van der Waals surface area contributed by atoms with E-state index < -0.39 is 0 Å². The third-order valence-corrected chi connectivity index (χ3v) is 3.47. The zero-order valence-electron chi connectivity index (χ0n) is 11.1. The SMILES string of the molecule is Cc1ccc(CNC(C)c2ccc(Cl)cc2)cc1F. The van der Waals surface area contributed by atoms with E-state index in [1.807, 2.05) is 30.3 Å². The number of halogens is 2. The average molecular weight is 278 g/mol. The molecule has 0 aliphatic heterocycles. The van der Waals surface area contributed by atoms with Gasteiger partial charge in [-0.25, -0.2) is 4.39 Å². The highest BCUT2D eigenvalue weighted by atomic mass is 35.5. The molecule has 1 N–H and O–H groups in total. The third kappa shape index (κ3) is 3.79. The maximum atomic E-state index is 13.4. The highest BCUT2D eigenvalue weighted by Crippen LogP contribution is 2.17. The molecule has 0 bridgehead atoms. The first kappa shape index (κ1) is 14.0. The first-order valence-corrected chi connectivity index (χ1v) is 6.68. The number of aryl methyl sites for hydroxylation is 1. The Morgan fingerprint density at radius 1 is 1.16 bits per heavy atom. The van der Waals surface area contributed by atoms with Gasteiger partial charge in [0.1, 0.15) is 5.82 Å². The second-order valence-corrected chi connectivity index (χ2v) is 5.17. The van der Waals surface area contributed by atoms with E-state index in [-0.39, 0.29) is 11.9 Å². The lowest BCUT2D eigenvalue weighted by Crippen LogP contribution is -2.18. The van der Waals surface area contributed by atoms with E-state index in [4.69, 9.17) is 11.6 Å². The summed E-state index contributed by atoms with van der Waals surface area (Å²) in [6.45, 7) is 4.48. The Labute approximate surface area is 118 Å². The predicted molar refractivity (Wildman–Crippen MR) is 77.8 cm³/mol. The van der Waals surface area contributed by atoms with Gasteiger partial charge in [0.15, 0.2) is 0 Å². The molecule has 0 saturated carbocycles. The lowest BCUT2D eigenvalue weighted by Gasteiger charge is -2.14. The molecular weight excluding hydrogens is 261 g/mol. The van der Waals surface area contributed by atoms with Gasteiger partial charge in [-0.15, -0.1) is 0 Å². The van der Waals surface area contributed by atoms with Crippen molar-refractivity contribution >= 4 is 11.6 Å². The molecule has 0 spiro atoms. The number of hydrogen-bond acceptors (Lipinski definition) is 1. The van der Waals surface area contributed by atoms with Crippen LogP contribution in [0.3, 0.4) is 0 Å². The molecule has 1 unspecified atom stereocenters. The minimum absolute atomic E-state index is 0.154.